The molecule has 3 atom stereocenters. The fourth-order valence-electron chi connectivity index (χ4n) is 3.36. The maximum Gasteiger partial charge on any atom is 0.333 e. The van der Waals surface area contributed by atoms with Gasteiger partial charge in [0.15, 0.2) is 6.04 Å². The highest BCUT2D eigenvalue weighted by molar-refractivity contribution is 7.98. The van der Waals surface area contributed by atoms with E-state index in [0.717, 1.165) is 5.56 Å². The van der Waals surface area contributed by atoms with Gasteiger partial charge in [-0.25, -0.2) is 4.79 Å². The van der Waals surface area contributed by atoms with Crippen LogP contribution in [-0.4, -0.2) is 54.8 Å². The molecule has 0 aromatic heterocycles. The maximum atomic E-state index is 13.3. The lowest BCUT2D eigenvalue weighted by atomic mass is 10.1. The van der Waals surface area contributed by atoms with Crippen molar-refractivity contribution in [2.45, 2.75) is 50.6 Å². The summed E-state index contributed by atoms with van der Waals surface area (Å²) in [6.07, 6.45) is 0.0126. The summed E-state index contributed by atoms with van der Waals surface area (Å²) >= 11 is 1.47. The first-order chi connectivity index (χ1) is 17.8. The molecule has 2 aromatic rings. The summed E-state index contributed by atoms with van der Waals surface area (Å²) in [6.45, 7) is 3.72. The first-order valence-electron chi connectivity index (χ1n) is 12.2. The molecule has 0 aliphatic heterocycles. The molecule has 0 heterocycles. The average molecular weight is 566 g/mol. The summed E-state index contributed by atoms with van der Waals surface area (Å²) < 4.78 is 10.0. The third-order valence-electron chi connectivity index (χ3n) is 5.26. The van der Waals surface area contributed by atoms with Crippen molar-refractivity contribution in [3.05, 3.63) is 71.8 Å². The van der Waals surface area contributed by atoms with E-state index in [-0.39, 0.29) is 44.2 Å². The maximum absolute atomic E-state index is 13.3. The number of halogens is 1. The van der Waals surface area contributed by atoms with Gasteiger partial charge in [0.1, 0.15) is 12.1 Å². The third kappa shape index (κ3) is 11.5. The van der Waals surface area contributed by atoms with E-state index >= 15 is 0 Å². The van der Waals surface area contributed by atoms with E-state index in [1.807, 2.05) is 30.3 Å². The molecule has 38 heavy (non-hydrogen) atoms. The molecule has 0 spiro atoms. The molecule has 0 aliphatic rings. The largest absolute Gasteiger partial charge is 0.465 e. The lowest BCUT2D eigenvalue weighted by Crippen LogP contribution is -2.50. The Kier molecular flexibility index (Phi) is 15.8. The number of benzene rings is 2. The molecule has 11 heteroatoms. The topological polar surface area (TPSA) is 137 Å². The number of hydrogen-bond donors (Lipinski definition) is 3. The Morgan fingerprint density at radius 1 is 0.868 bits per heavy atom. The number of hydrogen-bond acceptors (Lipinski definition) is 8. The predicted octanol–water partition coefficient (Wildman–Crippen LogP) is 2.92. The molecule has 2 aromatic carbocycles. The van der Waals surface area contributed by atoms with Gasteiger partial charge < -0.3 is 25.8 Å². The second-order valence-electron chi connectivity index (χ2n) is 8.12. The molecule has 0 saturated heterocycles. The summed E-state index contributed by atoms with van der Waals surface area (Å²) in [5, 5.41) is 5.46. The Morgan fingerprint density at radius 3 is 2.05 bits per heavy atom. The van der Waals surface area contributed by atoms with E-state index in [1.54, 1.807) is 44.2 Å². The number of ether oxygens (including phenoxy) is 2. The quantitative estimate of drug-likeness (QED) is 0.280. The zero-order chi connectivity index (χ0) is 27.0. The Morgan fingerprint density at radius 2 is 1.45 bits per heavy atom. The summed E-state index contributed by atoms with van der Waals surface area (Å²) in [5.41, 5.74) is 7.43. The van der Waals surface area contributed by atoms with Crippen LogP contribution in [0.1, 0.15) is 43.9 Å². The van der Waals surface area contributed by atoms with Crippen LogP contribution in [0.5, 0.6) is 0 Å². The van der Waals surface area contributed by atoms with Crippen molar-refractivity contribution in [2.75, 3.05) is 19.0 Å². The number of rotatable bonds is 15. The number of thioether (sulfide) groups is 1. The van der Waals surface area contributed by atoms with Crippen molar-refractivity contribution in [3.63, 3.8) is 0 Å². The van der Waals surface area contributed by atoms with Crippen molar-refractivity contribution in [1.29, 1.82) is 0 Å². The summed E-state index contributed by atoms with van der Waals surface area (Å²) in [6, 6.07) is 15.6. The van der Waals surface area contributed by atoms with Crippen LogP contribution in [0.4, 0.5) is 0 Å². The van der Waals surface area contributed by atoms with Crippen molar-refractivity contribution in [2.24, 2.45) is 5.73 Å². The molecule has 4 N–H and O–H groups in total. The van der Waals surface area contributed by atoms with Crippen LogP contribution >= 0.6 is 24.2 Å². The van der Waals surface area contributed by atoms with Crippen LogP contribution in [0.2, 0.25) is 0 Å². The van der Waals surface area contributed by atoms with Gasteiger partial charge >= 0.3 is 11.9 Å². The SMILES string of the molecule is CCOC(=O)C(N)CCC(=O)NC(CSCc1ccccc1)C(=O)NC(C(=O)OCC)c1ccccc1.Cl. The van der Waals surface area contributed by atoms with Gasteiger partial charge in [-0.1, -0.05) is 60.7 Å². The van der Waals surface area contributed by atoms with E-state index in [0.29, 0.717) is 11.3 Å². The first kappa shape index (κ1) is 32.9. The Bertz CT molecular complexity index is 1010. The van der Waals surface area contributed by atoms with Crippen molar-refractivity contribution in [1.82, 2.24) is 10.6 Å². The summed E-state index contributed by atoms with van der Waals surface area (Å²) in [4.78, 5) is 50.3. The van der Waals surface area contributed by atoms with Gasteiger partial charge in [0.25, 0.3) is 0 Å². The number of nitrogens with one attached hydrogen (secondary N) is 2. The molecule has 0 saturated carbocycles. The minimum Gasteiger partial charge on any atom is -0.465 e. The van der Waals surface area contributed by atoms with Crippen LogP contribution in [0.15, 0.2) is 60.7 Å². The first-order valence-corrected chi connectivity index (χ1v) is 13.4. The minimum atomic E-state index is -1.02. The molecule has 208 valence electrons. The normalized spacial score (nSPS) is 12.7. The van der Waals surface area contributed by atoms with Crippen molar-refractivity contribution in [3.8, 4) is 0 Å². The van der Waals surface area contributed by atoms with Gasteiger partial charge in [-0.2, -0.15) is 11.8 Å². The number of esters is 2. The molecule has 0 radical (unpaired) electrons. The molecule has 0 fully saturated rings. The second kappa shape index (κ2) is 18.2. The Labute approximate surface area is 234 Å². The lowest BCUT2D eigenvalue weighted by Gasteiger charge is -2.23. The standard InChI is InChI=1S/C27H35N3O6S.ClH/c1-3-35-26(33)21(28)15-16-23(31)29-22(18-37-17-19-11-7-5-8-12-19)25(32)30-24(27(34)36-4-2)20-13-9-6-10-14-20;/h5-14,21-22,24H,3-4,15-18,28H2,1-2H3,(H,29,31)(H,30,32);1H. The van der Waals surface area contributed by atoms with E-state index in [1.165, 1.54) is 11.8 Å². The van der Waals surface area contributed by atoms with Gasteiger partial charge in [0.05, 0.1) is 13.2 Å². The molecular formula is C27H36ClN3O6S. The fraction of sp³-hybridized carbons (Fsp3) is 0.407. The zero-order valence-electron chi connectivity index (χ0n) is 21.6. The highest BCUT2D eigenvalue weighted by Crippen LogP contribution is 2.17. The highest BCUT2D eigenvalue weighted by Gasteiger charge is 2.29. The molecular weight excluding hydrogens is 530 g/mol. The predicted molar refractivity (Wildman–Crippen MR) is 150 cm³/mol. The van der Waals surface area contributed by atoms with Crippen LogP contribution in [0.25, 0.3) is 0 Å². The average Bonchev–Trinajstić information content (AvgIpc) is 2.91. The molecule has 0 aliphatic carbocycles. The van der Waals surface area contributed by atoms with Gasteiger partial charge in [-0.05, 0) is 31.4 Å². The van der Waals surface area contributed by atoms with Gasteiger partial charge in [0, 0.05) is 17.9 Å². The van der Waals surface area contributed by atoms with Gasteiger partial charge in [-0.15, -0.1) is 12.4 Å². The Balaban J connectivity index is 0.00000722. The molecule has 0 bridgehead atoms. The number of carbonyl (C=O) groups is 4. The van der Waals surface area contributed by atoms with E-state index in [2.05, 4.69) is 10.6 Å². The zero-order valence-corrected chi connectivity index (χ0v) is 23.2. The smallest absolute Gasteiger partial charge is 0.333 e. The van der Waals surface area contributed by atoms with Crippen LogP contribution in [-0.2, 0) is 34.4 Å². The fourth-order valence-corrected chi connectivity index (χ4v) is 4.38. The lowest BCUT2D eigenvalue weighted by molar-refractivity contribution is -0.147. The van der Waals surface area contributed by atoms with Crippen molar-refractivity contribution < 1.29 is 28.7 Å². The number of amides is 2. The summed E-state index contributed by atoms with van der Waals surface area (Å²) in [5.74, 6) is -1.24. The van der Waals surface area contributed by atoms with Crippen LogP contribution in [0.3, 0.4) is 0 Å². The second-order valence-corrected chi connectivity index (χ2v) is 9.15. The van der Waals surface area contributed by atoms with Crippen LogP contribution < -0.4 is 16.4 Å². The molecule has 2 rings (SSSR count). The molecule has 3 unspecified atom stereocenters. The van der Waals surface area contributed by atoms with E-state index in [9.17, 15) is 19.2 Å². The van der Waals surface area contributed by atoms with E-state index < -0.39 is 41.9 Å². The highest BCUT2D eigenvalue weighted by atomic mass is 35.5. The third-order valence-corrected chi connectivity index (χ3v) is 6.37. The van der Waals surface area contributed by atoms with Gasteiger partial charge in [0.2, 0.25) is 11.8 Å². The minimum absolute atomic E-state index is 0. The van der Waals surface area contributed by atoms with Gasteiger partial charge in [-0.3, -0.25) is 14.4 Å². The molecule has 2 amide bonds. The number of carbonyl (C=O) groups excluding carboxylic acids is 4. The summed E-state index contributed by atoms with van der Waals surface area (Å²) in [7, 11) is 0. The van der Waals surface area contributed by atoms with Crippen LogP contribution in [0, 0.1) is 0 Å². The van der Waals surface area contributed by atoms with E-state index in [4.69, 9.17) is 15.2 Å². The monoisotopic (exact) mass is 565 g/mol. The Hall–Kier alpha value is -3.08. The number of nitrogens with two attached hydrogens (primary N) is 1. The molecule has 9 nitrogen and oxygen atoms in total. The van der Waals surface area contributed by atoms with Crippen molar-refractivity contribution >= 4 is 47.9 Å².